The molecule has 0 unspecified atom stereocenters. The molecule has 2 heteroatoms. The minimum atomic E-state index is 0.121. The summed E-state index contributed by atoms with van der Waals surface area (Å²) >= 11 is 0. The van der Waals surface area contributed by atoms with E-state index in [0.717, 1.165) is 31.4 Å². The summed E-state index contributed by atoms with van der Waals surface area (Å²) in [6.45, 7) is 3.01. The van der Waals surface area contributed by atoms with Crippen LogP contribution in [0.4, 0.5) is 0 Å². The standard InChI is InChI=1S/C17H25NO/c1-2-3-4-7-13-18-17(19)16-12-8-10-14-9-5-6-11-15(14)16/h8,10,12H,2-7,9,11,13H2,1H3,(H,18,19). The van der Waals surface area contributed by atoms with Crippen LogP contribution in [0, 0.1) is 0 Å². The summed E-state index contributed by atoms with van der Waals surface area (Å²) in [7, 11) is 0. The van der Waals surface area contributed by atoms with Gasteiger partial charge in [-0.3, -0.25) is 4.79 Å². The van der Waals surface area contributed by atoms with Crippen LogP contribution in [-0.4, -0.2) is 12.5 Å². The van der Waals surface area contributed by atoms with Crippen LogP contribution in [0.25, 0.3) is 0 Å². The zero-order valence-corrected chi connectivity index (χ0v) is 12.0. The van der Waals surface area contributed by atoms with Crippen molar-refractivity contribution in [2.45, 2.75) is 58.3 Å². The molecule has 1 aliphatic carbocycles. The molecule has 1 aromatic rings. The second-order valence-electron chi connectivity index (χ2n) is 5.47. The molecule has 0 bridgehead atoms. The van der Waals surface area contributed by atoms with E-state index in [-0.39, 0.29) is 5.91 Å². The first kappa shape index (κ1) is 14.1. The number of nitrogens with one attached hydrogen (secondary N) is 1. The Morgan fingerprint density at radius 1 is 1.16 bits per heavy atom. The van der Waals surface area contributed by atoms with Gasteiger partial charge < -0.3 is 5.32 Å². The van der Waals surface area contributed by atoms with E-state index in [1.165, 1.54) is 43.2 Å². The van der Waals surface area contributed by atoms with Gasteiger partial charge in [0.05, 0.1) is 0 Å². The summed E-state index contributed by atoms with van der Waals surface area (Å²) in [6.07, 6.45) is 9.47. The van der Waals surface area contributed by atoms with Gasteiger partial charge in [-0.05, 0) is 49.3 Å². The van der Waals surface area contributed by atoms with Gasteiger partial charge >= 0.3 is 0 Å². The molecule has 1 amide bonds. The van der Waals surface area contributed by atoms with E-state index in [0.29, 0.717) is 0 Å². The van der Waals surface area contributed by atoms with E-state index in [9.17, 15) is 4.79 Å². The minimum absolute atomic E-state index is 0.121. The maximum Gasteiger partial charge on any atom is 0.251 e. The number of unbranched alkanes of at least 4 members (excludes halogenated alkanes) is 3. The van der Waals surface area contributed by atoms with E-state index in [2.05, 4.69) is 18.3 Å². The summed E-state index contributed by atoms with van der Waals surface area (Å²) in [5, 5.41) is 3.07. The Hall–Kier alpha value is -1.31. The number of fused-ring (bicyclic) bond motifs is 1. The van der Waals surface area contributed by atoms with E-state index in [1.54, 1.807) is 0 Å². The van der Waals surface area contributed by atoms with E-state index >= 15 is 0 Å². The third-order valence-electron chi connectivity index (χ3n) is 3.96. The average Bonchev–Trinajstić information content (AvgIpc) is 2.46. The Morgan fingerprint density at radius 2 is 2.00 bits per heavy atom. The van der Waals surface area contributed by atoms with Crippen LogP contribution >= 0.6 is 0 Å². The Kier molecular flexibility index (Phi) is 5.44. The van der Waals surface area contributed by atoms with Gasteiger partial charge in [-0.1, -0.05) is 38.3 Å². The highest BCUT2D eigenvalue weighted by Crippen LogP contribution is 2.24. The highest BCUT2D eigenvalue weighted by atomic mass is 16.1. The summed E-state index contributed by atoms with van der Waals surface area (Å²) in [5.74, 6) is 0.121. The normalized spacial score (nSPS) is 13.9. The zero-order valence-electron chi connectivity index (χ0n) is 12.0. The molecule has 1 aromatic carbocycles. The maximum atomic E-state index is 12.2. The van der Waals surface area contributed by atoms with Crippen LogP contribution in [0.1, 0.15) is 66.9 Å². The molecule has 0 spiro atoms. The van der Waals surface area contributed by atoms with Crippen molar-refractivity contribution in [2.75, 3.05) is 6.54 Å². The van der Waals surface area contributed by atoms with Crippen molar-refractivity contribution >= 4 is 5.91 Å². The lowest BCUT2D eigenvalue weighted by Crippen LogP contribution is -2.26. The molecule has 1 N–H and O–H groups in total. The van der Waals surface area contributed by atoms with Crippen LogP contribution in [0.3, 0.4) is 0 Å². The van der Waals surface area contributed by atoms with Gasteiger partial charge in [-0.25, -0.2) is 0 Å². The van der Waals surface area contributed by atoms with Gasteiger partial charge in [0.25, 0.3) is 5.91 Å². The van der Waals surface area contributed by atoms with E-state index in [4.69, 9.17) is 0 Å². The van der Waals surface area contributed by atoms with Crippen molar-refractivity contribution in [3.63, 3.8) is 0 Å². The topological polar surface area (TPSA) is 29.1 Å². The molecule has 0 radical (unpaired) electrons. The summed E-state index contributed by atoms with van der Waals surface area (Å²) in [6, 6.07) is 6.17. The van der Waals surface area contributed by atoms with E-state index < -0.39 is 0 Å². The molecule has 19 heavy (non-hydrogen) atoms. The highest BCUT2D eigenvalue weighted by molar-refractivity contribution is 5.96. The Morgan fingerprint density at radius 3 is 2.84 bits per heavy atom. The van der Waals surface area contributed by atoms with Crippen LogP contribution < -0.4 is 5.32 Å². The zero-order chi connectivity index (χ0) is 13.5. The molecule has 0 saturated carbocycles. The largest absolute Gasteiger partial charge is 0.352 e. The molecule has 2 rings (SSSR count). The molecule has 1 aliphatic rings. The Bertz CT molecular complexity index is 425. The molecule has 104 valence electrons. The van der Waals surface area contributed by atoms with Crippen LogP contribution in [0.5, 0.6) is 0 Å². The fraction of sp³-hybridized carbons (Fsp3) is 0.588. The molecule has 0 fully saturated rings. The molecule has 0 aliphatic heterocycles. The summed E-state index contributed by atoms with van der Waals surface area (Å²) in [4.78, 5) is 12.2. The van der Waals surface area contributed by atoms with Gasteiger partial charge in [-0.15, -0.1) is 0 Å². The summed E-state index contributed by atoms with van der Waals surface area (Å²) in [5.41, 5.74) is 3.58. The fourth-order valence-corrected chi connectivity index (χ4v) is 2.84. The first-order valence-electron chi connectivity index (χ1n) is 7.72. The first-order chi connectivity index (χ1) is 9.33. The van der Waals surface area contributed by atoms with Crippen LogP contribution in [0.2, 0.25) is 0 Å². The first-order valence-corrected chi connectivity index (χ1v) is 7.72. The van der Waals surface area contributed by atoms with Gasteiger partial charge in [0, 0.05) is 12.1 Å². The average molecular weight is 259 g/mol. The molecular weight excluding hydrogens is 234 g/mol. The summed E-state index contributed by atoms with van der Waals surface area (Å²) < 4.78 is 0. The molecular formula is C17H25NO. The van der Waals surface area contributed by atoms with Gasteiger partial charge in [0.2, 0.25) is 0 Å². The van der Waals surface area contributed by atoms with Gasteiger partial charge in [-0.2, -0.15) is 0 Å². The molecule has 0 heterocycles. The number of benzene rings is 1. The number of carbonyl (C=O) groups is 1. The van der Waals surface area contributed by atoms with Crippen LogP contribution in [0.15, 0.2) is 18.2 Å². The van der Waals surface area contributed by atoms with Gasteiger partial charge in [0.1, 0.15) is 0 Å². The molecule has 0 atom stereocenters. The molecule has 2 nitrogen and oxygen atoms in total. The smallest absolute Gasteiger partial charge is 0.251 e. The van der Waals surface area contributed by atoms with Crippen molar-refractivity contribution in [1.29, 1.82) is 0 Å². The number of carbonyl (C=O) groups excluding carboxylic acids is 1. The number of amides is 1. The van der Waals surface area contributed by atoms with Crippen molar-refractivity contribution in [3.8, 4) is 0 Å². The Balaban J connectivity index is 1.92. The maximum absolute atomic E-state index is 12.2. The predicted molar refractivity (Wildman–Crippen MR) is 79.6 cm³/mol. The third kappa shape index (κ3) is 3.82. The quantitative estimate of drug-likeness (QED) is 0.772. The predicted octanol–water partition coefficient (Wildman–Crippen LogP) is 3.88. The van der Waals surface area contributed by atoms with Crippen molar-refractivity contribution in [2.24, 2.45) is 0 Å². The van der Waals surface area contributed by atoms with Crippen molar-refractivity contribution in [1.82, 2.24) is 5.32 Å². The number of hydrogen-bond donors (Lipinski definition) is 1. The highest BCUT2D eigenvalue weighted by Gasteiger charge is 2.16. The lowest BCUT2D eigenvalue weighted by atomic mass is 9.88. The molecule has 0 saturated heterocycles. The second kappa shape index (κ2) is 7.32. The number of rotatable bonds is 6. The minimum Gasteiger partial charge on any atom is -0.352 e. The lowest BCUT2D eigenvalue weighted by molar-refractivity contribution is 0.0951. The van der Waals surface area contributed by atoms with E-state index in [1.807, 2.05) is 12.1 Å². The Labute approximate surface area is 116 Å². The van der Waals surface area contributed by atoms with Crippen LogP contribution in [-0.2, 0) is 12.8 Å². The SMILES string of the molecule is CCCCCCNC(=O)c1cccc2c1CCCC2. The number of hydrogen-bond acceptors (Lipinski definition) is 1. The fourth-order valence-electron chi connectivity index (χ4n) is 2.84. The number of aryl methyl sites for hydroxylation is 1. The molecule has 0 aromatic heterocycles. The monoisotopic (exact) mass is 259 g/mol. The lowest BCUT2D eigenvalue weighted by Gasteiger charge is -2.18. The van der Waals surface area contributed by atoms with Crippen molar-refractivity contribution < 1.29 is 4.79 Å². The van der Waals surface area contributed by atoms with Crippen molar-refractivity contribution in [3.05, 3.63) is 34.9 Å². The van der Waals surface area contributed by atoms with Gasteiger partial charge in [0.15, 0.2) is 0 Å². The third-order valence-corrected chi connectivity index (χ3v) is 3.96. The second-order valence-corrected chi connectivity index (χ2v) is 5.47.